The SMILES string of the molecule is O=C(CCc1ccc(F)cc1)Nc1ccc2ocnc2c1. The Labute approximate surface area is 120 Å². The van der Waals surface area contributed by atoms with Crippen molar-refractivity contribution in [2.45, 2.75) is 12.8 Å². The van der Waals surface area contributed by atoms with Crippen LogP contribution in [0.1, 0.15) is 12.0 Å². The molecule has 3 aromatic rings. The molecule has 0 unspecified atom stereocenters. The van der Waals surface area contributed by atoms with Gasteiger partial charge in [-0.3, -0.25) is 4.79 Å². The number of amides is 1. The number of halogens is 1. The van der Waals surface area contributed by atoms with Crippen LogP contribution in [0.5, 0.6) is 0 Å². The summed E-state index contributed by atoms with van der Waals surface area (Å²) < 4.78 is 17.9. The molecule has 0 saturated heterocycles. The summed E-state index contributed by atoms with van der Waals surface area (Å²) in [5, 5.41) is 2.81. The average molecular weight is 284 g/mol. The van der Waals surface area contributed by atoms with Crippen LogP contribution in [0.2, 0.25) is 0 Å². The highest BCUT2D eigenvalue weighted by Gasteiger charge is 2.05. The molecule has 1 heterocycles. The van der Waals surface area contributed by atoms with Crippen molar-refractivity contribution < 1.29 is 13.6 Å². The Bertz CT molecular complexity index is 765. The molecule has 1 N–H and O–H groups in total. The number of carbonyl (C=O) groups excluding carboxylic acids is 1. The van der Waals surface area contributed by atoms with Crippen molar-refractivity contribution in [1.82, 2.24) is 4.98 Å². The van der Waals surface area contributed by atoms with Gasteiger partial charge < -0.3 is 9.73 Å². The van der Waals surface area contributed by atoms with Gasteiger partial charge in [0, 0.05) is 12.1 Å². The van der Waals surface area contributed by atoms with Gasteiger partial charge in [-0.1, -0.05) is 12.1 Å². The Morgan fingerprint density at radius 1 is 1.19 bits per heavy atom. The van der Waals surface area contributed by atoms with Gasteiger partial charge in [0.15, 0.2) is 12.0 Å². The molecule has 0 radical (unpaired) electrons. The van der Waals surface area contributed by atoms with Gasteiger partial charge in [0.2, 0.25) is 5.91 Å². The smallest absolute Gasteiger partial charge is 0.224 e. The molecule has 0 aliphatic rings. The van der Waals surface area contributed by atoms with Gasteiger partial charge in [-0.2, -0.15) is 0 Å². The number of aryl methyl sites for hydroxylation is 1. The summed E-state index contributed by atoms with van der Waals surface area (Å²) in [6.45, 7) is 0. The lowest BCUT2D eigenvalue weighted by Gasteiger charge is -2.05. The molecule has 21 heavy (non-hydrogen) atoms. The second kappa shape index (κ2) is 5.75. The zero-order valence-corrected chi connectivity index (χ0v) is 11.2. The number of hydrogen-bond acceptors (Lipinski definition) is 3. The quantitative estimate of drug-likeness (QED) is 0.797. The number of anilines is 1. The van der Waals surface area contributed by atoms with E-state index < -0.39 is 0 Å². The van der Waals surface area contributed by atoms with E-state index in [2.05, 4.69) is 10.3 Å². The Morgan fingerprint density at radius 2 is 2.00 bits per heavy atom. The molecule has 1 aromatic heterocycles. The third kappa shape index (κ3) is 3.25. The molecule has 3 rings (SSSR count). The zero-order valence-electron chi connectivity index (χ0n) is 11.2. The van der Waals surface area contributed by atoms with E-state index in [1.165, 1.54) is 18.5 Å². The fraction of sp³-hybridized carbons (Fsp3) is 0.125. The Morgan fingerprint density at radius 3 is 2.81 bits per heavy atom. The Kier molecular flexibility index (Phi) is 3.64. The highest BCUT2D eigenvalue weighted by molar-refractivity contribution is 5.92. The molecule has 0 aliphatic carbocycles. The summed E-state index contributed by atoms with van der Waals surface area (Å²) in [4.78, 5) is 15.9. The highest BCUT2D eigenvalue weighted by Crippen LogP contribution is 2.18. The number of fused-ring (bicyclic) bond motifs is 1. The third-order valence-electron chi connectivity index (χ3n) is 3.17. The van der Waals surface area contributed by atoms with Crippen molar-refractivity contribution in [2.75, 3.05) is 5.32 Å². The number of aromatic nitrogens is 1. The first-order valence-corrected chi connectivity index (χ1v) is 6.58. The molecule has 0 aliphatic heterocycles. The zero-order chi connectivity index (χ0) is 14.7. The van der Waals surface area contributed by atoms with E-state index in [-0.39, 0.29) is 11.7 Å². The first-order chi connectivity index (χ1) is 10.2. The van der Waals surface area contributed by atoms with Gasteiger partial charge in [0.1, 0.15) is 11.3 Å². The van der Waals surface area contributed by atoms with E-state index >= 15 is 0 Å². The maximum atomic E-state index is 12.8. The molecular weight excluding hydrogens is 271 g/mol. The first-order valence-electron chi connectivity index (χ1n) is 6.58. The first kappa shape index (κ1) is 13.3. The van der Waals surface area contributed by atoms with E-state index in [9.17, 15) is 9.18 Å². The molecular formula is C16H13FN2O2. The van der Waals surface area contributed by atoms with Crippen molar-refractivity contribution >= 4 is 22.7 Å². The van der Waals surface area contributed by atoms with E-state index in [1.807, 2.05) is 0 Å². The second-order valence-corrected chi connectivity index (χ2v) is 4.71. The topological polar surface area (TPSA) is 55.1 Å². The van der Waals surface area contributed by atoms with Crippen molar-refractivity contribution in [3.05, 3.63) is 60.2 Å². The van der Waals surface area contributed by atoms with E-state index in [0.29, 0.717) is 29.6 Å². The van der Waals surface area contributed by atoms with Crippen molar-refractivity contribution in [3.8, 4) is 0 Å². The molecule has 0 fully saturated rings. The van der Waals surface area contributed by atoms with Gasteiger partial charge in [-0.25, -0.2) is 9.37 Å². The van der Waals surface area contributed by atoms with Crippen LogP contribution < -0.4 is 5.32 Å². The van der Waals surface area contributed by atoms with Crippen LogP contribution in [-0.4, -0.2) is 10.9 Å². The van der Waals surface area contributed by atoms with Crippen molar-refractivity contribution in [1.29, 1.82) is 0 Å². The maximum absolute atomic E-state index is 12.8. The van der Waals surface area contributed by atoms with E-state index in [0.717, 1.165) is 5.56 Å². The molecule has 0 saturated carbocycles. The summed E-state index contributed by atoms with van der Waals surface area (Å²) in [6.07, 6.45) is 2.27. The van der Waals surface area contributed by atoms with Crippen LogP contribution in [-0.2, 0) is 11.2 Å². The molecule has 2 aromatic carbocycles. The fourth-order valence-electron chi connectivity index (χ4n) is 2.07. The molecule has 5 heteroatoms. The monoisotopic (exact) mass is 284 g/mol. The third-order valence-corrected chi connectivity index (χ3v) is 3.17. The normalized spacial score (nSPS) is 10.7. The lowest BCUT2D eigenvalue weighted by Crippen LogP contribution is -2.12. The highest BCUT2D eigenvalue weighted by atomic mass is 19.1. The maximum Gasteiger partial charge on any atom is 0.224 e. The number of nitrogens with one attached hydrogen (secondary N) is 1. The minimum atomic E-state index is -0.274. The van der Waals surface area contributed by atoms with Crippen LogP contribution in [0.3, 0.4) is 0 Å². The molecule has 0 bridgehead atoms. The number of rotatable bonds is 4. The number of oxazole rings is 1. The van der Waals surface area contributed by atoms with E-state index in [1.54, 1.807) is 30.3 Å². The van der Waals surface area contributed by atoms with Crippen LogP contribution in [0.15, 0.2) is 53.3 Å². The minimum absolute atomic E-state index is 0.0952. The van der Waals surface area contributed by atoms with Gasteiger partial charge in [-0.05, 0) is 42.3 Å². The predicted molar refractivity (Wildman–Crippen MR) is 77.4 cm³/mol. The van der Waals surface area contributed by atoms with Gasteiger partial charge >= 0.3 is 0 Å². The Hall–Kier alpha value is -2.69. The fourth-order valence-corrected chi connectivity index (χ4v) is 2.07. The molecule has 0 atom stereocenters. The summed E-state index contributed by atoms with van der Waals surface area (Å²) in [6, 6.07) is 11.4. The lowest BCUT2D eigenvalue weighted by atomic mass is 10.1. The summed E-state index contributed by atoms with van der Waals surface area (Å²) >= 11 is 0. The lowest BCUT2D eigenvalue weighted by molar-refractivity contribution is -0.116. The standard InChI is InChI=1S/C16H13FN2O2/c17-12-4-1-11(2-5-12)3-8-16(20)19-13-6-7-15-14(9-13)18-10-21-15/h1-2,4-7,9-10H,3,8H2,(H,19,20). The molecule has 0 spiro atoms. The van der Waals surface area contributed by atoms with Crippen LogP contribution in [0.4, 0.5) is 10.1 Å². The second-order valence-electron chi connectivity index (χ2n) is 4.71. The largest absolute Gasteiger partial charge is 0.443 e. The molecule has 1 amide bonds. The molecule has 106 valence electrons. The predicted octanol–water partition coefficient (Wildman–Crippen LogP) is 3.54. The molecule has 4 nitrogen and oxygen atoms in total. The number of nitrogens with zero attached hydrogens (tertiary/aromatic N) is 1. The van der Waals surface area contributed by atoms with Crippen molar-refractivity contribution in [2.24, 2.45) is 0 Å². The Balaban J connectivity index is 1.59. The minimum Gasteiger partial charge on any atom is -0.443 e. The van der Waals surface area contributed by atoms with Crippen LogP contribution in [0, 0.1) is 5.82 Å². The number of carbonyl (C=O) groups is 1. The number of hydrogen-bond donors (Lipinski definition) is 1. The number of benzene rings is 2. The summed E-state index contributed by atoms with van der Waals surface area (Å²) in [5.74, 6) is -0.369. The summed E-state index contributed by atoms with van der Waals surface area (Å²) in [5.41, 5.74) is 2.99. The van der Waals surface area contributed by atoms with Gasteiger partial charge in [0.25, 0.3) is 0 Å². The van der Waals surface area contributed by atoms with Gasteiger partial charge in [-0.15, -0.1) is 0 Å². The summed E-state index contributed by atoms with van der Waals surface area (Å²) in [7, 11) is 0. The van der Waals surface area contributed by atoms with Gasteiger partial charge in [0.05, 0.1) is 0 Å². The van der Waals surface area contributed by atoms with Crippen LogP contribution in [0.25, 0.3) is 11.1 Å². The van der Waals surface area contributed by atoms with E-state index in [4.69, 9.17) is 4.42 Å². The average Bonchev–Trinajstić information content (AvgIpc) is 2.94. The van der Waals surface area contributed by atoms with Crippen molar-refractivity contribution in [3.63, 3.8) is 0 Å². The van der Waals surface area contributed by atoms with Crippen LogP contribution >= 0.6 is 0 Å².